The van der Waals surface area contributed by atoms with Gasteiger partial charge in [0.15, 0.2) is 11.5 Å². The summed E-state index contributed by atoms with van der Waals surface area (Å²) in [5.41, 5.74) is 1.29. The van der Waals surface area contributed by atoms with E-state index in [1.54, 1.807) is 4.90 Å². The van der Waals surface area contributed by atoms with Crippen molar-refractivity contribution in [2.75, 3.05) is 11.5 Å². The van der Waals surface area contributed by atoms with Gasteiger partial charge in [-0.15, -0.1) is 10.2 Å². The SMILES string of the molecule is CCOc1ccc(C2C3=C(OC4CCCCC4C3=O)C(=O)N2c2nnc(C)s2)cc1. The second-order valence-corrected chi connectivity index (χ2v) is 9.00. The first-order valence-electron chi connectivity index (χ1n) is 10.4. The highest BCUT2D eigenvalue weighted by atomic mass is 32.1. The van der Waals surface area contributed by atoms with Gasteiger partial charge in [-0.3, -0.25) is 14.5 Å². The van der Waals surface area contributed by atoms with Gasteiger partial charge in [-0.1, -0.05) is 29.9 Å². The molecule has 1 amide bonds. The van der Waals surface area contributed by atoms with Gasteiger partial charge in [0.25, 0.3) is 5.91 Å². The van der Waals surface area contributed by atoms with E-state index in [9.17, 15) is 9.59 Å². The third-order valence-electron chi connectivity index (χ3n) is 5.99. The number of nitrogens with zero attached hydrogens (tertiary/aromatic N) is 3. The highest BCUT2D eigenvalue weighted by Crippen LogP contribution is 2.48. The molecule has 8 heteroatoms. The van der Waals surface area contributed by atoms with Crippen LogP contribution in [0.15, 0.2) is 35.6 Å². The number of carbonyl (C=O) groups excluding carboxylic acids is 2. The maximum atomic E-state index is 13.5. The number of amides is 1. The zero-order valence-corrected chi connectivity index (χ0v) is 17.8. The lowest BCUT2D eigenvalue weighted by Gasteiger charge is -2.35. The lowest BCUT2D eigenvalue weighted by molar-refractivity contribution is -0.131. The van der Waals surface area contributed by atoms with E-state index < -0.39 is 6.04 Å². The quantitative estimate of drug-likeness (QED) is 0.742. The van der Waals surface area contributed by atoms with E-state index in [0.29, 0.717) is 17.3 Å². The van der Waals surface area contributed by atoms with Crippen LogP contribution in [-0.4, -0.2) is 34.6 Å². The van der Waals surface area contributed by atoms with E-state index in [-0.39, 0.29) is 29.5 Å². The van der Waals surface area contributed by atoms with Gasteiger partial charge >= 0.3 is 0 Å². The summed E-state index contributed by atoms with van der Waals surface area (Å²) in [5, 5.41) is 9.52. The van der Waals surface area contributed by atoms with Crippen LogP contribution < -0.4 is 9.64 Å². The minimum absolute atomic E-state index is 0.0388. The standard InChI is InChI=1S/C22H23N3O4S/c1-3-28-14-10-8-13(9-11-14)18-17-19(26)15-6-4-5-7-16(15)29-20(17)21(27)25(18)22-24-23-12(2)30-22/h8-11,15-16,18H,3-7H2,1-2H3. The minimum Gasteiger partial charge on any atom is -0.494 e. The predicted octanol–water partition coefficient (Wildman–Crippen LogP) is 3.75. The van der Waals surface area contributed by atoms with Gasteiger partial charge in [0.05, 0.1) is 24.1 Å². The van der Waals surface area contributed by atoms with E-state index in [4.69, 9.17) is 9.47 Å². The summed E-state index contributed by atoms with van der Waals surface area (Å²) in [6.45, 7) is 4.35. The van der Waals surface area contributed by atoms with Crippen LogP contribution in [0.5, 0.6) is 5.75 Å². The second kappa shape index (κ2) is 7.50. The van der Waals surface area contributed by atoms with Gasteiger partial charge in [0.2, 0.25) is 5.13 Å². The molecule has 156 valence electrons. The number of ketones is 1. The summed E-state index contributed by atoms with van der Waals surface area (Å²) in [6, 6.07) is 6.97. The number of carbonyl (C=O) groups is 2. The van der Waals surface area contributed by atoms with Crippen molar-refractivity contribution in [2.45, 2.75) is 51.7 Å². The van der Waals surface area contributed by atoms with Crippen LogP contribution in [0.4, 0.5) is 5.13 Å². The average molecular weight is 426 g/mol. The van der Waals surface area contributed by atoms with Crippen molar-refractivity contribution in [1.29, 1.82) is 0 Å². The number of aryl methyl sites for hydroxylation is 1. The molecule has 7 nitrogen and oxygen atoms in total. The fourth-order valence-corrected chi connectivity index (χ4v) is 5.37. The summed E-state index contributed by atoms with van der Waals surface area (Å²) >= 11 is 1.34. The van der Waals surface area contributed by atoms with Gasteiger partial charge in [-0.2, -0.15) is 0 Å². The number of hydrogen-bond donors (Lipinski definition) is 0. The number of hydrogen-bond acceptors (Lipinski definition) is 7. The highest BCUT2D eigenvalue weighted by Gasteiger charge is 2.53. The van der Waals surface area contributed by atoms with Crippen molar-refractivity contribution in [3.8, 4) is 5.75 Å². The lowest BCUT2D eigenvalue weighted by Crippen LogP contribution is -2.39. The zero-order chi connectivity index (χ0) is 20.8. The molecule has 1 aliphatic carbocycles. The van der Waals surface area contributed by atoms with E-state index in [0.717, 1.165) is 42.0 Å². The number of anilines is 1. The third-order valence-corrected chi connectivity index (χ3v) is 6.83. The van der Waals surface area contributed by atoms with Crippen LogP contribution >= 0.6 is 11.3 Å². The Morgan fingerprint density at radius 3 is 2.63 bits per heavy atom. The molecule has 0 N–H and O–H groups in total. The maximum Gasteiger partial charge on any atom is 0.296 e. The topological polar surface area (TPSA) is 81.6 Å². The third kappa shape index (κ3) is 3.01. The number of fused-ring (bicyclic) bond motifs is 1. The fraction of sp³-hybridized carbons (Fsp3) is 0.455. The molecular formula is C22H23N3O4S. The summed E-state index contributed by atoms with van der Waals surface area (Å²) in [6.07, 6.45) is 3.45. The van der Waals surface area contributed by atoms with Crippen LogP contribution in [-0.2, 0) is 14.3 Å². The number of benzene rings is 1. The number of ether oxygens (including phenoxy) is 2. The molecule has 2 aliphatic heterocycles. The van der Waals surface area contributed by atoms with Gasteiger partial charge in [0, 0.05) is 0 Å². The Kier molecular flexibility index (Phi) is 4.81. The van der Waals surface area contributed by atoms with Crippen molar-refractivity contribution in [2.24, 2.45) is 5.92 Å². The second-order valence-electron chi connectivity index (χ2n) is 7.84. The van der Waals surface area contributed by atoms with Crippen LogP contribution in [0.3, 0.4) is 0 Å². The lowest BCUT2D eigenvalue weighted by atomic mass is 9.77. The number of Topliss-reactive ketones (excluding diaryl/α,β-unsaturated/α-hetero) is 1. The molecule has 1 aromatic carbocycles. The molecule has 1 fully saturated rings. The zero-order valence-electron chi connectivity index (χ0n) is 17.0. The number of aromatic nitrogens is 2. The first-order chi connectivity index (χ1) is 14.6. The molecule has 3 atom stereocenters. The normalized spacial score (nSPS) is 25.8. The van der Waals surface area contributed by atoms with Crippen LogP contribution in [0, 0.1) is 12.8 Å². The number of rotatable bonds is 4. The fourth-order valence-electron chi connectivity index (χ4n) is 4.65. The van der Waals surface area contributed by atoms with Crippen molar-refractivity contribution >= 4 is 28.2 Å². The van der Waals surface area contributed by atoms with Gasteiger partial charge < -0.3 is 9.47 Å². The van der Waals surface area contributed by atoms with Gasteiger partial charge in [0.1, 0.15) is 16.9 Å². The molecular weight excluding hydrogens is 402 g/mol. The summed E-state index contributed by atoms with van der Waals surface area (Å²) in [4.78, 5) is 28.5. The summed E-state index contributed by atoms with van der Waals surface area (Å²) in [7, 11) is 0. The first kappa shape index (κ1) is 19.2. The van der Waals surface area contributed by atoms with E-state index in [1.807, 2.05) is 38.1 Å². The molecule has 30 heavy (non-hydrogen) atoms. The smallest absolute Gasteiger partial charge is 0.296 e. The Hall–Kier alpha value is -2.74. The van der Waals surface area contributed by atoms with Crippen LogP contribution in [0.25, 0.3) is 0 Å². The van der Waals surface area contributed by atoms with E-state index >= 15 is 0 Å². The van der Waals surface area contributed by atoms with Crippen molar-refractivity contribution < 1.29 is 19.1 Å². The molecule has 1 saturated carbocycles. The van der Waals surface area contributed by atoms with Gasteiger partial charge in [-0.25, -0.2) is 0 Å². The Bertz CT molecular complexity index is 1030. The highest BCUT2D eigenvalue weighted by molar-refractivity contribution is 7.15. The molecule has 2 aromatic rings. The molecule has 0 bridgehead atoms. The Labute approximate surface area is 178 Å². The average Bonchev–Trinajstić information content (AvgIpc) is 3.30. The van der Waals surface area contributed by atoms with E-state index in [1.165, 1.54) is 11.3 Å². The van der Waals surface area contributed by atoms with Crippen molar-refractivity contribution in [3.63, 3.8) is 0 Å². The molecule has 3 aliphatic rings. The molecule has 0 saturated heterocycles. The molecule has 3 heterocycles. The van der Waals surface area contributed by atoms with E-state index in [2.05, 4.69) is 10.2 Å². The van der Waals surface area contributed by atoms with Gasteiger partial charge in [-0.05, 0) is 50.8 Å². The molecule has 0 radical (unpaired) electrons. The largest absolute Gasteiger partial charge is 0.494 e. The molecule has 1 aromatic heterocycles. The minimum atomic E-state index is -0.564. The van der Waals surface area contributed by atoms with Crippen molar-refractivity contribution in [1.82, 2.24) is 10.2 Å². The van der Waals surface area contributed by atoms with Crippen LogP contribution in [0.1, 0.15) is 49.2 Å². The monoisotopic (exact) mass is 425 g/mol. The predicted molar refractivity (Wildman–Crippen MR) is 111 cm³/mol. The summed E-state index contributed by atoms with van der Waals surface area (Å²) in [5.74, 6) is 0.493. The van der Waals surface area contributed by atoms with Crippen molar-refractivity contribution in [3.05, 3.63) is 46.2 Å². The Morgan fingerprint density at radius 2 is 1.93 bits per heavy atom. The molecule has 0 spiro atoms. The maximum absolute atomic E-state index is 13.5. The molecule has 5 rings (SSSR count). The molecule has 3 unspecified atom stereocenters. The Morgan fingerprint density at radius 1 is 1.17 bits per heavy atom. The van der Waals surface area contributed by atoms with Crippen LogP contribution in [0.2, 0.25) is 0 Å². The Balaban J connectivity index is 1.61. The first-order valence-corrected chi connectivity index (χ1v) is 11.2. The summed E-state index contributed by atoms with van der Waals surface area (Å²) < 4.78 is 11.7.